The van der Waals surface area contributed by atoms with Gasteiger partial charge in [-0.15, -0.1) is 0 Å². The van der Waals surface area contributed by atoms with E-state index in [1.807, 2.05) is 12.1 Å². The fourth-order valence-corrected chi connectivity index (χ4v) is 7.14. The average Bonchev–Trinajstić information content (AvgIpc) is 3.10. The van der Waals surface area contributed by atoms with E-state index in [1.165, 1.54) is 33.3 Å². The van der Waals surface area contributed by atoms with Crippen LogP contribution in [0.3, 0.4) is 0 Å². The van der Waals surface area contributed by atoms with Gasteiger partial charge in [-0.2, -0.15) is 0 Å². The molecule has 2 aliphatic rings. The second kappa shape index (κ2) is 8.03. The second-order valence-corrected chi connectivity index (χ2v) is 10.7. The molecular formula is C29H29BrN2O. The number of aromatic hydroxyl groups is 1. The molecule has 2 heterocycles. The number of hydrogen-bond donors (Lipinski definition) is 1. The van der Waals surface area contributed by atoms with Crippen LogP contribution in [0, 0.1) is 5.92 Å². The van der Waals surface area contributed by atoms with Gasteiger partial charge in [0.1, 0.15) is 5.75 Å². The third kappa shape index (κ3) is 3.43. The fourth-order valence-electron chi connectivity index (χ4n) is 6.51. The Kier molecular flexibility index (Phi) is 5.11. The van der Waals surface area contributed by atoms with Crippen LogP contribution in [0.1, 0.15) is 28.8 Å². The summed E-state index contributed by atoms with van der Waals surface area (Å²) >= 11 is 3.80. The third-order valence-electron chi connectivity index (χ3n) is 8.14. The summed E-state index contributed by atoms with van der Waals surface area (Å²) in [4.78, 5) is 2.63. The van der Waals surface area contributed by atoms with Gasteiger partial charge in [0.05, 0.1) is 5.52 Å². The topological polar surface area (TPSA) is 28.4 Å². The summed E-state index contributed by atoms with van der Waals surface area (Å²) in [6.45, 7) is 3.15. The van der Waals surface area contributed by atoms with Gasteiger partial charge in [0.25, 0.3) is 0 Å². The predicted octanol–water partition coefficient (Wildman–Crippen LogP) is 6.21. The van der Waals surface area contributed by atoms with Crippen LogP contribution in [0.25, 0.3) is 10.9 Å². The lowest BCUT2D eigenvalue weighted by molar-refractivity contribution is 0.0758. The number of aromatic nitrogens is 1. The summed E-state index contributed by atoms with van der Waals surface area (Å²) in [6.07, 6.45) is 3.20. The Morgan fingerprint density at radius 1 is 1.03 bits per heavy atom. The van der Waals surface area contributed by atoms with E-state index >= 15 is 0 Å². The van der Waals surface area contributed by atoms with E-state index in [4.69, 9.17) is 0 Å². The van der Waals surface area contributed by atoms with E-state index in [2.05, 4.69) is 87.0 Å². The first-order valence-corrected chi connectivity index (χ1v) is 12.6. The number of nitrogens with zero attached hydrogens (tertiary/aromatic N) is 2. The molecule has 2 atom stereocenters. The van der Waals surface area contributed by atoms with Gasteiger partial charge in [0, 0.05) is 41.1 Å². The van der Waals surface area contributed by atoms with Gasteiger partial charge in [-0.25, -0.2) is 0 Å². The highest BCUT2D eigenvalue weighted by atomic mass is 79.9. The number of hydrogen-bond acceptors (Lipinski definition) is 2. The van der Waals surface area contributed by atoms with Crippen molar-refractivity contribution in [1.29, 1.82) is 0 Å². The van der Waals surface area contributed by atoms with Crippen LogP contribution in [0.2, 0.25) is 0 Å². The summed E-state index contributed by atoms with van der Waals surface area (Å²) in [5.41, 5.74) is 6.99. The van der Waals surface area contributed by atoms with Gasteiger partial charge >= 0.3 is 0 Å². The van der Waals surface area contributed by atoms with Crippen LogP contribution in [-0.4, -0.2) is 27.7 Å². The van der Waals surface area contributed by atoms with Gasteiger partial charge in [-0.3, -0.25) is 4.90 Å². The summed E-state index contributed by atoms with van der Waals surface area (Å²) < 4.78 is 3.57. The molecule has 4 aromatic rings. The van der Waals surface area contributed by atoms with Gasteiger partial charge in [-0.05, 0) is 82.5 Å². The first kappa shape index (κ1) is 21.0. The third-order valence-corrected chi connectivity index (χ3v) is 8.78. The molecule has 0 radical (unpaired) electrons. The van der Waals surface area contributed by atoms with Crippen LogP contribution >= 0.6 is 15.9 Å². The number of halogens is 1. The molecule has 1 aromatic heterocycles. The van der Waals surface area contributed by atoms with Crippen molar-refractivity contribution in [2.45, 2.75) is 31.2 Å². The van der Waals surface area contributed by atoms with E-state index in [0.717, 1.165) is 43.4 Å². The minimum absolute atomic E-state index is 0.0491. The van der Waals surface area contributed by atoms with Crippen LogP contribution < -0.4 is 0 Å². The molecule has 1 aliphatic carbocycles. The molecule has 0 amide bonds. The zero-order valence-electron chi connectivity index (χ0n) is 19.0. The Bertz CT molecular complexity index is 1330. The van der Waals surface area contributed by atoms with Gasteiger partial charge in [0.15, 0.2) is 0 Å². The van der Waals surface area contributed by atoms with Crippen LogP contribution in [0.15, 0.2) is 77.3 Å². The summed E-state index contributed by atoms with van der Waals surface area (Å²) in [5, 5.41) is 11.7. The number of piperidine rings is 1. The van der Waals surface area contributed by atoms with Crippen molar-refractivity contribution in [3.05, 3.63) is 99.7 Å². The maximum Gasteiger partial charge on any atom is 0.115 e. The maximum atomic E-state index is 10.4. The fraction of sp³-hybridized carbons (Fsp3) is 0.310. The molecule has 2 unspecified atom stereocenters. The van der Waals surface area contributed by atoms with Gasteiger partial charge < -0.3 is 9.67 Å². The molecule has 3 nitrogen and oxygen atoms in total. The predicted molar refractivity (Wildman–Crippen MR) is 138 cm³/mol. The van der Waals surface area contributed by atoms with Crippen molar-refractivity contribution in [2.24, 2.45) is 13.0 Å². The first-order chi connectivity index (χ1) is 16.0. The lowest BCUT2D eigenvalue weighted by Crippen LogP contribution is -2.53. The van der Waals surface area contributed by atoms with Gasteiger partial charge in [-0.1, -0.05) is 54.6 Å². The van der Waals surface area contributed by atoms with Crippen LogP contribution in [0.5, 0.6) is 5.75 Å². The number of phenols is 1. The quantitative estimate of drug-likeness (QED) is 0.362. The Labute approximate surface area is 203 Å². The number of benzene rings is 3. The zero-order chi connectivity index (χ0) is 22.6. The number of rotatable bonds is 3. The summed E-state index contributed by atoms with van der Waals surface area (Å²) in [6, 6.07) is 25.5. The van der Waals surface area contributed by atoms with Crippen molar-refractivity contribution in [3.63, 3.8) is 0 Å². The number of aryl methyl sites for hydroxylation is 1. The molecular weight excluding hydrogens is 472 g/mol. The molecule has 0 saturated carbocycles. The molecule has 4 heteroatoms. The number of phenolic OH excluding ortho intramolecular Hbond substituents is 1. The molecule has 6 rings (SSSR count). The summed E-state index contributed by atoms with van der Waals surface area (Å²) in [7, 11) is 2.22. The van der Waals surface area contributed by atoms with E-state index in [1.54, 1.807) is 6.07 Å². The zero-order valence-corrected chi connectivity index (χ0v) is 20.6. The highest BCUT2D eigenvalue weighted by molar-refractivity contribution is 9.10. The maximum absolute atomic E-state index is 10.4. The van der Waals surface area contributed by atoms with Crippen molar-refractivity contribution >= 4 is 26.8 Å². The van der Waals surface area contributed by atoms with Crippen molar-refractivity contribution < 1.29 is 5.11 Å². The monoisotopic (exact) mass is 500 g/mol. The normalized spacial score (nSPS) is 22.8. The Balaban J connectivity index is 1.45. The lowest BCUT2D eigenvalue weighted by Gasteiger charge is -2.51. The second-order valence-electron chi connectivity index (χ2n) is 9.88. The standard InChI is InChI=1S/C29H29BrN2O/c1-31-27-17-29(21-9-5-10-23(33)15-21)13-14-32(18-20-7-3-2-4-8-20)19-22(29)16-25(27)24-11-6-12-26(30)28(24)31/h2-12,15,22,33H,13-14,16-19H2,1H3. The molecule has 1 fully saturated rings. The van der Waals surface area contributed by atoms with Gasteiger partial charge in [0.2, 0.25) is 0 Å². The molecule has 1 saturated heterocycles. The minimum atomic E-state index is 0.0491. The van der Waals surface area contributed by atoms with E-state index in [9.17, 15) is 5.11 Å². The Morgan fingerprint density at radius 3 is 2.67 bits per heavy atom. The summed E-state index contributed by atoms with van der Waals surface area (Å²) in [5.74, 6) is 0.881. The Hall–Kier alpha value is -2.56. The number of para-hydroxylation sites is 1. The minimum Gasteiger partial charge on any atom is -0.508 e. The number of likely N-dealkylation sites (tertiary alicyclic amines) is 1. The molecule has 1 N–H and O–H groups in total. The van der Waals surface area contributed by atoms with E-state index in [0.29, 0.717) is 11.7 Å². The van der Waals surface area contributed by atoms with Crippen LogP contribution in [0.4, 0.5) is 0 Å². The van der Waals surface area contributed by atoms with Crippen molar-refractivity contribution in [3.8, 4) is 5.75 Å². The largest absolute Gasteiger partial charge is 0.508 e. The highest BCUT2D eigenvalue weighted by Gasteiger charge is 2.48. The Morgan fingerprint density at radius 2 is 1.85 bits per heavy atom. The lowest BCUT2D eigenvalue weighted by atomic mass is 9.58. The van der Waals surface area contributed by atoms with E-state index in [-0.39, 0.29) is 5.41 Å². The van der Waals surface area contributed by atoms with Crippen LogP contribution in [-0.2, 0) is 31.8 Å². The van der Waals surface area contributed by atoms with Crippen molar-refractivity contribution in [1.82, 2.24) is 9.47 Å². The van der Waals surface area contributed by atoms with Crippen molar-refractivity contribution in [2.75, 3.05) is 13.1 Å². The molecule has 1 aliphatic heterocycles. The average molecular weight is 501 g/mol. The highest BCUT2D eigenvalue weighted by Crippen LogP contribution is 2.50. The first-order valence-electron chi connectivity index (χ1n) is 11.9. The smallest absolute Gasteiger partial charge is 0.115 e. The molecule has 33 heavy (non-hydrogen) atoms. The molecule has 0 bridgehead atoms. The van der Waals surface area contributed by atoms with E-state index < -0.39 is 0 Å². The molecule has 0 spiro atoms. The number of fused-ring (bicyclic) bond motifs is 4. The SMILES string of the molecule is Cn1c2c(c3cccc(Br)c31)CC1CN(Cc3ccccc3)CCC1(c1cccc(O)c1)C2. The molecule has 3 aromatic carbocycles. The molecule has 168 valence electrons.